The predicted molar refractivity (Wildman–Crippen MR) is 111 cm³/mol. The Bertz CT molecular complexity index is 1030. The van der Waals surface area contributed by atoms with Gasteiger partial charge >= 0.3 is 0 Å². The Labute approximate surface area is 169 Å². The van der Waals surface area contributed by atoms with E-state index in [1.54, 1.807) is 37.8 Å². The van der Waals surface area contributed by atoms with Gasteiger partial charge in [0, 0.05) is 19.4 Å². The summed E-state index contributed by atoms with van der Waals surface area (Å²) in [5.74, 6) is -0.209. The first-order valence-electron chi connectivity index (χ1n) is 9.63. The van der Waals surface area contributed by atoms with Crippen molar-refractivity contribution in [2.24, 2.45) is 0 Å². The van der Waals surface area contributed by atoms with Gasteiger partial charge in [0.1, 0.15) is 5.69 Å². The summed E-state index contributed by atoms with van der Waals surface area (Å²) in [6, 6.07) is 15.3. The number of aromatic nitrogens is 2. The average Bonchev–Trinajstić information content (AvgIpc) is 2.74. The quantitative estimate of drug-likeness (QED) is 0.702. The number of amides is 2. The van der Waals surface area contributed by atoms with Crippen LogP contribution in [0.3, 0.4) is 0 Å². The van der Waals surface area contributed by atoms with Crippen molar-refractivity contribution in [3.8, 4) is 11.1 Å². The molecule has 6 nitrogen and oxygen atoms in total. The summed E-state index contributed by atoms with van der Waals surface area (Å²) in [5.41, 5.74) is 3.48. The zero-order valence-electron chi connectivity index (χ0n) is 16.2. The Morgan fingerprint density at radius 3 is 2.41 bits per heavy atom. The molecule has 0 aliphatic heterocycles. The maximum Gasteiger partial charge on any atom is 0.269 e. The Kier molecular flexibility index (Phi) is 5.08. The number of carbonyl (C=O) groups is 2. The van der Waals surface area contributed by atoms with E-state index in [1.807, 2.05) is 36.4 Å². The van der Waals surface area contributed by atoms with Gasteiger partial charge in [0.05, 0.1) is 17.3 Å². The number of pyridine rings is 2. The highest BCUT2D eigenvalue weighted by atomic mass is 16.2. The molecule has 1 aliphatic rings. The number of carbonyl (C=O) groups excluding carboxylic acids is 2. The van der Waals surface area contributed by atoms with Gasteiger partial charge in [-0.25, -0.2) is 0 Å². The first kappa shape index (κ1) is 18.8. The van der Waals surface area contributed by atoms with Crippen LogP contribution in [0.15, 0.2) is 67.1 Å². The third-order valence-corrected chi connectivity index (χ3v) is 5.55. The molecule has 2 amide bonds. The molecule has 4 rings (SSSR count). The normalized spacial score (nSPS) is 14.5. The van der Waals surface area contributed by atoms with E-state index >= 15 is 0 Å². The molecule has 29 heavy (non-hydrogen) atoms. The standard InChI is InChI=1S/C23H22N4O2/c1-24-21(28)20-14-17(9-13-26-20)16-5-7-18(8-6-16)23(10-3-11-23)22(29)27-19-4-2-12-25-15-19/h2,4-9,12-15H,3,10-11H2,1H3,(H,24,28)(H,27,29). The highest BCUT2D eigenvalue weighted by Gasteiger charge is 2.45. The molecule has 0 bridgehead atoms. The smallest absolute Gasteiger partial charge is 0.269 e. The monoisotopic (exact) mass is 386 g/mol. The van der Waals surface area contributed by atoms with Crippen molar-refractivity contribution in [2.45, 2.75) is 24.7 Å². The van der Waals surface area contributed by atoms with Gasteiger partial charge in [-0.2, -0.15) is 0 Å². The molecule has 2 heterocycles. The van der Waals surface area contributed by atoms with E-state index in [1.165, 1.54) is 0 Å². The van der Waals surface area contributed by atoms with Gasteiger partial charge in [-0.3, -0.25) is 19.6 Å². The van der Waals surface area contributed by atoms with E-state index < -0.39 is 5.41 Å². The van der Waals surface area contributed by atoms with Crippen molar-refractivity contribution in [1.82, 2.24) is 15.3 Å². The van der Waals surface area contributed by atoms with Gasteiger partial charge in [0.25, 0.3) is 5.91 Å². The van der Waals surface area contributed by atoms with E-state index in [0.29, 0.717) is 11.4 Å². The third-order valence-electron chi connectivity index (χ3n) is 5.55. The number of hydrogen-bond donors (Lipinski definition) is 2. The molecule has 3 aromatic rings. The number of anilines is 1. The van der Waals surface area contributed by atoms with Crippen LogP contribution in [0, 0.1) is 0 Å². The minimum absolute atomic E-state index is 0.00955. The molecule has 0 radical (unpaired) electrons. The molecular weight excluding hydrogens is 364 g/mol. The molecule has 1 aromatic carbocycles. The van der Waals surface area contributed by atoms with Crippen molar-refractivity contribution in [3.05, 3.63) is 78.4 Å². The van der Waals surface area contributed by atoms with E-state index in [-0.39, 0.29) is 11.8 Å². The lowest BCUT2D eigenvalue weighted by molar-refractivity contribution is -0.124. The van der Waals surface area contributed by atoms with Crippen molar-refractivity contribution in [3.63, 3.8) is 0 Å². The fourth-order valence-corrected chi connectivity index (χ4v) is 3.71. The Hall–Kier alpha value is -3.54. The molecule has 1 saturated carbocycles. The lowest BCUT2D eigenvalue weighted by Gasteiger charge is -2.40. The second-order valence-electron chi connectivity index (χ2n) is 7.22. The number of rotatable bonds is 5. The predicted octanol–water partition coefficient (Wildman–Crippen LogP) is 3.56. The van der Waals surface area contributed by atoms with E-state index in [2.05, 4.69) is 20.6 Å². The highest BCUT2D eigenvalue weighted by molar-refractivity contribution is 6.00. The molecular formula is C23H22N4O2. The average molecular weight is 386 g/mol. The largest absolute Gasteiger partial charge is 0.354 e. The summed E-state index contributed by atoms with van der Waals surface area (Å²) in [4.78, 5) is 33.0. The Balaban J connectivity index is 1.58. The van der Waals surface area contributed by atoms with Crippen LogP contribution in [0.4, 0.5) is 5.69 Å². The molecule has 6 heteroatoms. The van der Waals surface area contributed by atoms with Crippen LogP contribution in [0.2, 0.25) is 0 Å². The maximum absolute atomic E-state index is 13.0. The maximum atomic E-state index is 13.0. The van der Waals surface area contributed by atoms with Gasteiger partial charge in [-0.15, -0.1) is 0 Å². The van der Waals surface area contributed by atoms with Gasteiger partial charge in [0.15, 0.2) is 0 Å². The van der Waals surface area contributed by atoms with E-state index in [0.717, 1.165) is 36.0 Å². The zero-order chi connectivity index (χ0) is 20.3. The number of nitrogens with one attached hydrogen (secondary N) is 2. The topological polar surface area (TPSA) is 84.0 Å². The van der Waals surface area contributed by atoms with E-state index in [4.69, 9.17) is 0 Å². The van der Waals surface area contributed by atoms with Crippen molar-refractivity contribution in [1.29, 1.82) is 0 Å². The van der Waals surface area contributed by atoms with Crippen LogP contribution in [0.25, 0.3) is 11.1 Å². The molecule has 2 N–H and O–H groups in total. The molecule has 146 valence electrons. The second-order valence-corrected chi connectivity index (χ2v) is 7.22. The minimum Gasteiger partial charge on any atom is -0.354 e. The first-order chi connectivity index (χ1) is 14.1. The molecule has 1 fully saturated rings. The van der Waals surface area contributed by atoms with Crippen LogP contribution in [0.1, 0.15) is 35.3 Å². The number of nitrogens with zero attached hydrogens (tertiary/aromatic N) is 2. The SMILES string of the molecule is CNC(=O)c1cc(-c2ccc(C3(C(=O)Nc4cccnc4)CCC3)cc2)ccn1. The fourth-order valence-electron chi connectivity index (χ4n) is 3.71. The highest BCUT2D eigenvalue weighted by Crippen LogP contribution is 2.45. The molecule has 0 saturated heterocycles. The zero-order valence-corrected chi connectivity index (χ0v) is 16.2. The van der Waals surface area contributed by atoms with Crippen LogP contribution in [0.5, 0.6) is 0 Å². The lowest BCUT2D eigenvalue weighted by atomic mass is 9.63. The summed E-state index contributed by atoms with van der Waals surface area (Å²) in [6.07, 6.45) is 7.65. The van der Waals surface area contributed by atoms with Crippen molar-refractivity contribution >= 4 is 17.5 Å². The number of benzene rings is 1. The Morgan fingerprint density at radius 2 is 1.79 bits per heavy atom. The van der Waals surface area contributed by atoms with Crippen molar-refractivity contribution in [2.75, 3.05) is 12.4 Å². The van der Waals surface area contributed by atoms with Gasteiger partial charge in [-0.1, -0.05) is 30.7 Å². The summed E-state index contributed by atoms with van der Waals surface area (Å²) >= 11 is 0. The van der Waals surface area contributed by atoms with Gasteiger partial charge < -0.3 is 10.6 Å². The molecule has 0 spiro atoms. The molecule has 0 atom stereocenters. The Morgan fingerprint density at radius 1 is 1.00 bits per heavy atom. The van der Waals surface area contributed by atoms with E-state index in [9.17, 15) is 9.59 Å². The number of hydrogen-bond acceptors (Lipinski definition) is 4. The molecule has 2 aromatic heterocycles. The van der Waals surface area contributed by atoms with Crippen molar-refractivity contribution < 1.29 is 9.59 Å². The summed E-state index contributed by atoms with van der Waals surface area (Å²) in [6.45, 7) is 0. The molecule has 1 aliphatic carbocycles. The molecule has 0 unspecified atom stereocenters. The summed E-state index contributed by atoms with van der Waals surface area (Å²) in [5, 5.41) is 5.59. The summed E-state index contributed by atoms with van der Waals surface area (Å²) in [7, 11) is 1.58. The first-order valence-corrected chi connectivity index (χ1v) is 9.63. The fraction of sp³-hybridized carbons (Fsp3) is 0.217. The van der Waals surface area contributed by atoms with Crippen LogP contribution >= 0.6 is 0 Å². The van der Waals surface area contributed by atoms with Gasteiger partial charge in [0.2, 0.25) is 5.91 Å². The minimum atomic E-state index is -0.500. The van der Waals surface area contributed by atoms with Crippen LogP contribution in [-0.2, 0) is 10.2 Å². The van der Waals surface area contributed by atoms with Crippen LogP contribution in [-0.4, -0.2) is 28.8 Å². The van der Waals surface area contributed by atoms with Gasteiger partial charge in [-0.05, 0) is 53.8 Å². The summed E-state index contributed by atoms with van der Waals surface area (Å²) < 4.78 is 0. The van der Waals surface area contributed by atoms with Crippen LogP contribution < -0.4 is 10.6 Å². The second kappa shape index (κ2) is 7.83. The lowest BCUT2D eigenvalue weighted by Crippen LogP contribution is -2.46. The third kappa shape index (κ3) is 3.61.